The molecular weight excluding hydrogens is 440 g/mol. The molecule has 0 bridgehead atoms. The number of nitrogens with two attached hydrogens (primary N) is 1. The van der Waals surface area contributed by atoms with Gasteiger partial charge in [-0.05, 0) is 19.5 Å². The first-order chi connectivity index (χ1) is 16.3. The lowest BCUT2D eigenvalue weighted by atomic mass is 10.0. The van der Waals surface area contributed by atoms with Gasteiger partial charge in [0.2, 0.25) is 0 Å². The summed E-state index contributed by atoms with van der Waals surface area (Å²) in [6, 6.07) is 7.71. The minimum Gasteiger partial charge on any atom is -0.385 e. The van der Waals surface area contributed by atoms with Crippen LogP contribution in [-0.4, -0.2) is 86.2 Å². The van der Waals surface area contributed by atoms with Crippen molar-refractivity contribution < 1.29 is 19.7 Å². The Bertz CT molecular complexity index is 1140. The van der Waals surface area contributed by atoms with Crippen LogP contribution in [0.5, 0.6) is 0 Å². The van der Waals surface area contributed by atoms with Gasteiger partial charge in [0, 0.05) is 26.2 Å². The van der Waals surface area contributed by atoms with Crippen LogP contribution >= 0.6 is 0 Å². The Labute approximate surface area is 196 Å². The molecule has 3 aromatic rings. The van der Waals surface area contributed by atoms with Gasteiger partial charge in [-0.15, -0.1) is 0 Å². The van der Waals surface area contributed by atoms with Crippen molar-refractivity contribution in [2.45, 2.75) is 31.4 Å². The summed E-state index contributed by atoms with van der Waals surface area (Å²) >= 11 is 0. The van der Waals surface area contributed by atoms with Crippen molar-refractivity contribution in [1.29, 1.82) is 0 Å². The third kappa shape index (κ3) is 4.94. The average molecular weight is 471 g/mol. The minimum atomic E-state index is -1.74. The van der Waals surface area contributed by atoms with Crippen molar-refractivity contribution in [3.05, 3.63) is 48.0 Å². The monoisotopic (exact) mass is 470 g/mol. The third-order valence-electron chi connectivity index (χ3n) is 5.96. The number of hydrogen-bond acceptors (Lipinski definition) is 9. The van der Waals surface area contributed by atoms with E-state index in [1.807, 2.05) is 43.1 Å². The Morgan fingerprint density at radius 2 is 2.06 bits per heavy atom. The fraction of sp³-hybridized carbons (Fsp3) is 0.455. The van der Waals surface area contributed by atoms with Crippen molar-refractivity contribution in [2.75, 3.05) is 39.0 Å². The summed E-state index contributed by atoms with van der Waals surface area (Å²) in [5.74, 6) is 0.187. The van der Waals surface area contributed by atoms with Crippen molar-refractivity contribution in [3.8, 4) is 0 Å². The molecule has 1 fully saturated rings. The average Bonchev–Trinajstić information content (AvgIpc) is 3.37. The highest BCUT2D eigenvalue weighted by molar-refractivity contribution is 5.81. The number of benzene rings is 1. The summed E-state index contributed by atoms with van der Waals surface area (Å²) in [7, 11) is 1.85. The number of aliphatic hydroxyl groups is 2. The third-order valence-corrected chi connectivity index (χ3v) is 5.96. The number of carbonyl (C=O) groups excluding carboxylic acids is 1. The fourth-order valence-corrected chi connectivity index (χ4v) is 3.91. The molecule has 12 nitrogen and oxygen atoms in total. The van der Waals surface area contributed by atoms with E-state index < -0.39 is 17.9 Å². The number of rotatable bonds is 8. The largest absolute Gasteiger partial charge is 0.385 e. The van der Waals surface area contributed by atoms with E-state index in [4.69, 9.17) is 10.5 Å². The molecule has 1 saturated heterocycles. The van der Waals surface area contributed by atoms with E-state index in [0.29, 0.717) is 37.3 Å². The zero-order valence-corrected chi connectivity index (χ0v) is 19.2. The van der Waals surface area contributed by atoms with Gasteiger partial charge < -0.3 is 36.2 Å². The molecule has 0 saturated carbocycles. The van der Waals surface area contributed by atoms with Crippen LogP contribution in [0, 0.1) is 6.92 Å². The first-order valence-electron chi connectivity index (χ1n) is 11.0. The van der Waals surface area contributed by atoms with Crippen molar-refractivity contribution in [2.24, 2.45) is 0 Å². The van der Waals surface area contributed by atoms with Gasteiger partial charge in [0.1, 0.15) is 24.1 Å². The molecule has 3 unspecified atom stereocenters. The number of anilines is 1. The number of hydrogen-bond donors (Lipinski definition) is 5. The molecule has 2 amide bonds. The fourth-order valence-electron chi connectivity index (χ4n) is 3.91. The maximum absolute atomic E-state index is 12.0. The smallest absolute Gasteiger partial charge is 0.315 e. The Morgan fingerprint density at radius 1 is 1.29 bits per heavy atom. The lowest BCUT2D eigenvalue weighted by Crippen LogP contribution is -2.49. The maximum atomic E-state index is 12.0. The van der Waals surface area contributed by atoms with E-state index in [0.717, 1.165) is 5.56 Å². The lowest BCUT2D eigenvalue weighted by molar-refractivity contribution is -0.108. The highest BCUT2D eigenvalue weighted by atomic mass is 16.5. The predicted octanol–water partition coefficient (Wildman–Crippen LogP) is -0.447. The first kappa shape index (κ1) is 23.8. The Kier molecular flexibility index (Phi) is 6.93. The molecule has 34 heavy (non-hydrogen) atoms. The van der Waals surface area contributed by atoms with Crippen LogP contribution < -0.4 is 16.4 Å². The molecule has 0 spiro atoms. The molecule has 1 aliphatic heterocycles. The molecule has 6 N–H and O–H groups in total. The number of ether oxygens (including phenoxy) is 1. The molecule has 1 aromatic carbocycles. The number of aryl methyl sites for hydroxylation is 1. The van der Waals surface area contributed by atoms with Gasteiger partial charge in [0.05, 0.1) is 12.9 Å². The number of nitrogen functional groups attached to an aromatic ring is 1. The summed E-state index contributed by atoms with van der Waals surface area (Å²) < 4.78 is 7.08. The van der Waals surface area contributed by atoms with Gasteiger partial charge in [-0.3, -0.25) is 4.57 Å². The summed E-state index contributed by atoms with van der Waals surface area (Å²) in [4.78, 5) is 26.1. The number of carbonyl (C=O) groups is 1. The molecule has 4 rings (SSSR count). The number of nitrogens with one attached hydrogen (secondary N) is 2. The molecule has 0 aliphatic carbocycles. The molecule has 0 radical (unpaired) electrons. The van der Waals surface area contributed by atoms with E-state index in [1.165, 1.54) is 22.8 Å². The molecule has 182 valence electrons. The van der Waals surface area contributed by atoms with Gasteiger partial charge in [0.15, 0.2) is 17.2 Å². The van der Waals surface area contributed by atoms with E-state index in [9.17, 15) is 15.0 Å². The summed E-state index contributed by atoms with van der Waals surface area (Å²) in [6.07, 6.45) is 0.765. The highest BCUT2D eigenvalue weighted by Crippen LogP contribution is 2.32. The molecule has 12 heteroatoms. The lowest BCUT2D eigenvalue weighted by Gasteiger charge is -2.29. The van der Waals surface area contributed by atoms with E-state index in [1.54, 1.807) is 0 Å². The molecule has 1 aliphatic rings. The second-order valence-corrected chi connectivity index (χ2v) is 8.58. The van der Waals surface area contributed by atoms with Gasteiger partial charge in [-0.1, -0.05) is 29.8 Å². The summed E-state index contributed by atoms with van der Waals surface area (Å²) in [5.41, 5.74) is 6.93. The standard InChI is InChI=1S/C22H30N8O4/c1-14-3-5-15(6-4-14)9-25-21(32)24-7-8-29(2)10-16-18(31)22(33,11-34-16)30-13-28-17-19(23)26-12-27-20(17)30/h3-6,12-13,16,18,31,33H,7-11H2,1-2H3,(H2,23,26,27)(H2,24,25,32). The number of aromatic nitrogens is 4. The normalized spacial score (nSPS) is 22.4. The van der Waals surface area contributed by atoms with E-state index >= 15 is 0 Å². The zero-order chi connectivity index (χ0) is 24.3. The predicted molar refractivity (Wildman–Crippen MR) is 125 cm³/mol. The second kappa shape index (κ2) is 9.89. The SMILES string of the molecule is Cc1ccc(CNC(=O)NCCN(C)CC2OCC(O)(n3cnc4c(N)ncnc43)C2O)cc1. The summed E-state index contributed by atoms with van der Waals surface area (Å²) in [6.45, 7) is 3.61. The number of imidazole rings is 1. The van der Waals surface area contributed by atoms with Crippen molar-refractivity contribution >= 4 is 23.0 Å². The Morgan fingerprint density at radius 3 is 2.82 bits per heavy atom. The number of likely N-dealkylation sites (N-methyl/N-ethyl adjacent to an activating group) is 1. The number of fused-ring (bicyclic) bond motifs is 1. The minimum absolute atomic E-state index is 0.137. The molecular formula is C22H30N8O4. The highest BCUT2D eigenvalue weighted by Gasteiger charge is 2.50. The van der Waals surface area contributed by atoms with Crippen molar-refractivity contribution in [1.82, 2.24) is 35.1 Å². The van der Waals surface area contributed by atoms with Crippen LogP contribution in [0.15, 0.2) is 36.9 Å². The van der Waals surface area contributed by atoms with Gasteiger partial charge in [-0.25, -0.2) is 19.7 Å². The second-order valence-electron chi connectivity index (χ2n) is 8.58. The van der Waals surface area contributed by atoms with E-state index in [-0.39, 0.29) is 18.5 Å². The molecule has 3 atom stereocenters. The quantitative estimate of drug-likeness (QED) is 0.293. The zero-order valence-electron chi connectivity index (χ0n) is 19.2. The van der Waals surface area contributed by atoms with Crippen LogP contribution in [0.2, 0.25) is 0 Å². The van der Waals surface area contributed by atoms with Crippen LogP contribution in [0.25, 0.3) is 11.2 Å². The maximum Gasteiger partial charge on any atom is 0.315 e. The first-order valence-corrected chi connectivity index (χ1v) is 11.0. The van der Waals surface area contributed by atoms with Crippen LogP contribution in [-0.2, 0) is 17.0 Å². The molecule has 3 heterocycles. The topological polar surface area (TPSA) is 164 Å². The number of nitrogens with zero attached hydrogens (tertiary/aromatic N) is 5. The number of aliphatic hydroxyl groups excluding tert-OH is 1. The number of amides is 2. The van der Waals surface area contributed by atoms with Gasteiger partial charge >= 0.3 is 6.03 Å². The number of urea groups is 1. The van der Waals surface area contributed by atoms with Gasteiger partial charge in [0.25, 0.3) is 0 Å². The summed E-state index contributed by atoms with van der Waals surface area (Å²) in [5, 5.41) is 27.7. The van der Waals surface area contributed by atoms with Crippen LogP contribution in [0.3, 0.4) is 0 Å². The molecule has 2 aromatic heterocycles. The van der Waals surface area contributed by atoms with Gasteiger partial charge in [-0.2, -0.15) is 0 Å². The van der Waals surface area contributed by atoms with Crippen LogP contribution in [0.1, 0.15) is 11.1 Å². The Balaban J connectivity index is 1.25. The Hall–Kier alpha value is -3.32. The van der Waals surface area contributed by atoms with E-state index in [2.05, 4.69) is 25.6 Å². The van der Waals surface area contributed by atoms with Crippen LogP contribution in [0.4, 0.5) is 10.6 Å². The van der Waals surface area contributed by atoms with Crippen molar-refractivity contribution in [3.63, 3.8) is 0 Å².